The number of hydrogen-bond donors (Lipinski definition) is 3. The molecule has 4 nitrogen and oxygen atoms in total. The van der Waals surface area contributed by atoms with Crippen LogP contribution in [0.3, 0.4) is 0 Å². The van der Waals surface area contributed by atoms with Gasteiger partial charge in [0.2, 0.25) is 5.91 Å². The quantitative estimate of drug-likeness (QED) is 0.0421. The van der Waals surface area contributed by atoms with Crippen molar-refractivity contribution in [3.63, 3.8) is 0 Å². The van der Waals surface area contributed by atoms with Crippen LogP contribution >= 0.6 is 0 Å². The highest BCUT2D eigenvalue weighted by Gasteiger charge is 2.18. The average molecular weight is 915 g/mol. The molecule has 0 aromatic carbocycles. The van der Waals surface area contributed by atoms with Gasteiger partial charge in [0.25, 0.3) is 0 Å². The Morgan fingerprint density at radius 1 is 0.354 bits per heavy atom. The number of aliphatic hydroxyl groups is 2. The molecule has 2 unspecified atom stereocenters. The van der Waals surface area contributed by atoms with E-state index in [0.29, 0.717) is 6.42 Å². The van der Waals surface area contributed by atoms with Crippen LogP contribution in [-0.4, -0.2) is 34.9 Å². The Kier molecular flexibility index (Phi) is 56.2. The highest BCUT2D eigenvalue weighted by atomic mass is 16.3. The Morgan fingerprint density at radius 2 is 0.585 bits per heavy atom. The lowest BCUT2D eigenvalue weighted by Crippen LogP contribution is -2.45. The van der Waals surface area contributed by atoms with E-state index < -0.39 is 12.1 Å². The predicted molar refractivity (Wildman–Crippen MR) is 290 cm³/mol. The van der Waals surface area contributed by atoms with E-state index in [1.165, 1.54) is 295 Å². The van der Waals surface area contributed by atoms with Crippen LogP contribution < -0.4 is 5.32 Å². The standard InChI is InChI=1S/C61H119NO3/c1-3-5-7-9-11-13-15-17-19-21-22-23-24-25-26-27-28-29-30-31-32-33-34-35-36-37-38-39-40-41-43-45-47-49-51-53-55-57-61(65)62-59(58-63)60(64)56-54-52-50-48-46-44-42-20-18-16-14-12-10-8-6-4-2/h29-30,54,56,59-60,63-64H,3-28,31-53,55,57-58H2,1-2H3,(H,62,65)/b30-29-,56-54+. The first-order valence-electron chi connectivity index (χ1n) is 30.1. The fourth-order valence-corrected chi connectivity index (χ4v) is 9.59. The molecule has 0 fully saturated rings. The van der Waals surface area contributed by atoms with Gasteiger partial charge in [-0.3, -0.25) is 4.79 Å². The number of aliphatic hydroxyl groups excluding tert-OH is 2. The molecule has 0 bridgehead atoms. The molecule has 0 saturated carbocycles. The number of rotatable bonds is 56. The molecule has 3 N–H and O–H groups in total. The van der Waals surface area contributed by atoms with Crippen LogP contribution in [-0.2, 0) is 4.79 Å². The fourth-order valence-electron chi connectivity index (χ4n) is 9.59. The maximum Gasteiger partial charge on any atom is 0.220 e. The Hall–Kier alpha value is -1.13. The molecule has 386 valence electrons. The minimum atomic E-state index is -0.837. The molecule has 0 aliphatic rings. The number of hydrogen-bond acceptors (Lipinski definition) is 3. The van der Waals surface area contributed by atoms with Gasteiger partial charge in [-0.2, -0.15) is 0 Å². The van der Waals surface area contributed by atoms with E-state index in [-0.39, 0.29) is 12.5 Å². The minimum Gasteiger partial charge on any atom is -0.394 e. The van der Waals surface area contributed by atoms with Crippen molar-refractivity contribution in [2.75, 3.05) is 6.61 Å². The Morgan fingerprint density at radius 3 is 0.846 bits per heavy atom. The van der Waals surface area contributed by atoms with Crippen LogP contribution in [0.4, 0.5) is 0 Å². The number of amides is 1. The Balaban J connectivity index is 3.39. The van der Waals surface area contributed by atoms with Crippen molar-refractivity contribution >= 4 is 5.91 Å². The van der Waals surface area contributed by atoms with E-state index in [4.69, 9.17) is 0 Å². The molecule has 0 aliphatic carbocycles. The van der Waals surface area contributed by atoms with Crippen LogP contribution in [0.25, 0.3) is 0 Å². The lowest BCUT2D eigenvalue weighted by atomic mass is 10.0. The van der Waals surface area contributed by atoms with Gasteiger partial charge in [-0.25, -0.2) is 0 Å². The van der Waals surface area contributed by atoms with Crippen molar-refractivity contribution in [3.8, 4) is 0 Å². The van der Waals surface area contributed by atoms with Crippen LogP contribution in [0, 0.1) is 0 Å². The van der Waals surface area contributed by atoms with Crippen molar-refractivity contribution in [3.05, 3.63) is 24.3 Å². The van der Waals surface area contributed by atoms with Crippen molar-refractivity contribution in [1.82, 2.24) is 5.32 Å². The fraction of sp³-hybridized carbons (Fsp3) is 0.918. The van der Waals surface area contributed by atoms with Crippen LogP contribution in [0.5, 0.6) is 0 Å². The minimum absolute atomic E-state index is 0.0579. The van der Waals surface area contributed by atoms with Gasteiger partial charge >= 0.3 is 0 Å². The first kappa shape index (κ1) is 63.9. The molecule has 65 heavy (non-hydrogen) atoms. The molecule has 0 saturated heterocycles. The summed E-state index contributed by atoms with van der Waals surface area (Å²) in [4.78, 5) is 12.5. The lowest BCUT2D eigenvalue weighted by Gasteiger charge is -2.20. The van der Waals surface area contributed by atoms with Gasteiger partial charge in [0.15, 0.2) is 0 Å². The van der Waals surface area contributed by atoms with E-state index in [9.17, 15) is 15.0 Å². The first-order valence-corrected chi connectivity index (χ1v) is 30.1. The molecule has 0 rings (SSSR count). The molecule has 1 amide bonds. The number of carbonyl (C=O) groups excluding carboxylic acids is 1. The zero-order valence-corrected chi connectivity index (χ0v) is 44.5. The summed E-state index contributed by atoms with van der Waals surface area (Å²) in [6.45, 7) is 4.34. The number of allylic oxidation sites excluding steroid dienone is 3. The van der Waals surface area contributed by atoms with Crippen molar-refractivity contribution in [1.29, 1.82) is 0 Å². The molecule has 0 aromatic rings. The van der Waals surface area contributed by atoms with Crippen LogP contribution in [0.2, 0.25) is 0 Å². The normalized spacial score (nSPS) is 12.9. The average Bonchev–Trinajstić information content (AvgIpc) is 3.31. The topological polar surface area (TPSA) is 69.6 Å². The summed E-state index contributed by atoms with van der Waals surface area (Å²) < 4.78 is 0. The molecule has 0 spiro atoms. The Bertz CT molecular complexity index is 947. The van der Waals surface area contributed by atoms with Crippen molar-refractivity contribution in [2.45, 2.75) is 353 Å². The van der Waals surface area contributed by atoms with Crippen LogP contribution in [0.1, 0.15) is 341 Å². The molecule has 0 radical (unpaired) electrons. The summed E-state index contributed by atoms with van der Waals surface area (Å²) in [5.74, 6) is -0.0579. The van der Waals surface area contributed by atoms with E-state index in [1.807, 2.05) is 6.08 Å². The maximum atomic E-state index is 12.5. The third-order valence-electron chi connectivity index (χ3n) is 14.2. The first-order chi connectivity index (χ1) is 32.2. The van der Waals surface area contributed by atoms with Gasteiger partial charge in [-0.05, 0) is 44.9 Å². The summed E-state index contributed by atoms with van der Waals surface area (Å²) in [6.07, 6.45) is 76.6. The molecular weight excluding hydrogens is 795 g/mol. The van der Waals surface area contributed by atoms with Crippen LogP contribution in [0.15, 0.2) is 24.3 Å². The summed E-state index contributed by atoms with van der Waals surface area (Å²) in [5, 5.41) is 23.1. The van der Waals surface area contributed by atoms with Crippen molar-refractivity contribution in [2.24, 2.45) is 0 Å². The second-order valence-corrected chi connectivity index (χ2v) is 20.8. The number of carbonyl (C=O) groups is 1. The number of unbranched alkanes of at least 4 members (excludes halogenated alkanes) is 47. The van der Waals surface area contributed by atoms with Gasteiger partial charge < -0.3 is 15.5 Å². The lowest BCUT2D eigenvalue weighted by molar-refractivity contribution is -0.123. The molecule has 0 aliphatic heterocycles. The predicted octanol–water partition coefficient (Wildman–Crippen LogP) is 19.9. The van der Waals surface area contributed by atoms with Crippen molar-refractivity contribution < 1.29 is 15.0 Å². The largest absolute Gasteiger partial charge is 0.394 e. The van der Waals surface area contributed by atoms with E-state index in [0.717, 1.165) is 25.7 Å². The second kappa shape index (κ2) is 57.2. The highest BCUT2D eigenvalue weighted by molar-refractivity contribution is 5.76. The summed E-state index contributed by atoms with van der Waals surface area (Å²) in [7, 11) is 0. The van der Waals surface area contributed by atoms with Gasteiger partial charge in [-0.15, -0.1) is 0 Å². The summed E-state index contributed by atoms with van der Waals surface area (Å²) >= 11 is 0. The Labute approximate surface area is 409 Å². The molecule has 0 aromatic heterocycles. The van der Waals surface area contributed by atoms with E-state index >= 15 is 0 Å². The monoisotopic (exact) mass is 914 g/mol. The molecule has 4 heteroatoms. The zero-order chi connectivity index (χ0) is 47.0. The zero-order valence-electron chi connectivity index (χ0n) is 44.5. The third-order valence-corrected chi connectivity index (χ3v) is 14.2. The maximum absolute atomic E-state index is 12.5. The summed E-state index contributed by atoms with van der Waals surface area (Å²) in [6, 6.07) is -0.619. The van der Waals surface area contributed by atoms with Gasteiger partial charge in [0, 0.05) is 6.42 Å². The van der Waals surface area contributed by atoms with Gasteiger partial charge in [0.05, 0.1) is 18.8 Å². The highest BCUT2D eigenvalue weighted by Crippen LogP contribution is 2.18. The molecule has 2 atom stereocenters. The van der Waals surface area contributed by atoms with E-state index in [2.05, 4.69) is 31.3 Å². The van der Waals surface area contributed by atoms with E-state index in [1.54, 1.807) is 6.08 Å². The summed E-state index contributed by atoms with van der Waals surface area (Å²) in [5.41, 5.74) is 0. The SMILES string of the molecule is CCCCCCCCCCCCCCCC/C=C/C(O)C(CO)NC(=O)CCCCCCCCCCCCCCCCCCC/C=C\CCCCCCCCCCCCCCCCCC. The third kappa shape index (κ3) is 53.7. The van der Waals surface area contributed by atoms with Gasteiger partial charge in [-0.1, -0.05) is 314 Å². The molecular formula is C61H119NO3. The smallest absolute Gasteiger partial charge is 0.220 e. The van der Waals surface area contributed by atoms with Gasteiger partial charge in [0.1, 0.15) is 0 Å². The number of nitrogens with one attached hydrogen (secondary N) is 1. The second-order valence-electron chi connectivity index (χ2n) is 20.8. The molecule has 0 heterocycles.